The van der Waals surface area contributed by atoms with Gasteiger partial charge in [0.1, 0.15) is 5.82 Å². The average molecular weight is 448 g/mol. The van der Waals surface area contributed by atoms with Crippen LogP contribution in [0.5, 0.6) is 0 Å². The molecule has 1 aromatic carbocycles. The minimum atomic E-state index is 0.0196. The topological polar surface area (TPSA) is 93.4 Å². The molecule has 1 unspecified atom stereocenters. The van der Waals surface area contributed by atoms with Gasteiger partial charge in [0.05, 0.1) is 11.7 Å². The Hall–Kier alpha value is -3.26. The Morgan fingerprint density at radius 2 is 2.06 bits per heavy atom. The molecular weight excluding hydrogens is 418 g/mol. The monoisotopic (exact) mass is 447 g/mol. The van der Waals surface area contributed by atoms with Crippen LogP contribution in [0.15, 0.2) is 47.1 Å². The lowest BCUT2D eigenvalue weighted by molar-refractivity contribution is -0.126. The van der Waals surface area contributed by atoms with Crippen molar-refractivity contribution in [1.82, 2.24) is 20.4 Å². The van der Waals surface area contributed by atoms with E-state index in [0.29, 0.717) is 18.3 Å². The molecule has 0 spiro atoms. The van der Waals surface area contributed by atoms with Crippen LogP contribution in [0.25, 0.3) is 22.8 Å². The molecule has 1 N–H and O–H groups in total. The first kappa shape index (κ1) is 21.6. The van der Waals surface area contributed by atoms with Gasteiger partial charge in [0.2, 0.25) is 11.7 Å². The Morgan fingerprint density at radius 1 is 1.18 bits per heavy atom. The summed E-state index contributed by atoms with van der Waals surface area (Å²) in [6.45, 7) is 4.96. The molecule has 2 fully saturated rings. The van der Waals surface area contributed by atoms with Gasteiger partial charge in [0, 0.05) is 43.9 Å². The van der Waals surface area contributed by atoms with E-state index in [1.165, 1.54) is 0 Å². The van der Waals surface area contributed by atoms with Crippen molar-refractivity contribution in [2.45, 2.75) is 38.7 Å². The van der Waals surface area contributed by atoms with Gasteiger partial charge in [-0.05, 0) is 50.8 Å². The van der Waals surface area contributed by atoms with Gasteiger partial charge in [-0.25, -0.2) is 4.98 Å². The predicted octanol–water partition coefficient (Wildman–Crippen LogP) is 3.62. The number of pyridine rings is 1. The van der Waals surface area contributed by atoms with Gasteiger partial charge in [-0.1, -0.05) is 28.9 Å². The second-order valence-corrected chi connectivity index (χ2v) is 8.81. The number of benzene rings is 1. The van der Waals surface area contributed by atoms with Gasteiger partial charge in [-0.15, -0.1) is 0 Å². The fraction of sp³-hybridized carbons (Fsp3) is 0.440. The van der Waals surface area contributed by atoms with E-state index in [1.54, 1.807) is 6.20 Å². The van der Waals surface area contributed by atoms with E-state index < -0.39 is 0 Å². The molecule has 3 aromatic rings. The number of piperidine rings is 1. The largest absolute Gasteiger partial charge is 0.376 e. The van der Waals surface area contributed by atoms with Crippen LogP contribution in [-0.4, -0.2) is 53.4 Å². The Labute approximate surface area is 193 Å². The average Bonchev–Trinajstić information content (AvgIpc) is 3.55. The normalized spacial score (nSPS) is 19.1. The third-order valence-corrected chi connectivity index (χ3v) is 6.41. The Kier molecular flexibility index (Phi) is 6.35. The number of nitrogens with one attached hydrogen (secondary N) is 1. The molecule has 0 bridgehead atoms. The van der Waals surface area contributed by atoms with Crippen molar-refractivity contribution < 1.29 is 14.1 Å². The highest BCUT2D eigenvalue weighted by Gasteiger charge is 2.28. The molecule has 4 heterocycles. The summed E-state index contributed by atoms with van der Waals surface area (Å²) in [7, 11) is 0. The van der Waals surface area contributed by atoms with Crippen molar-refractivity contribution in [2.75, 3.05) is 31.1 Å². The number of nitrogens with zero attached hydrogens (tertiary/aromatic N) is 4. The van der Waals surface area contributed by atoms with E-state index >= 15 is 0 Å². The number of hydrogen-bond donors (Lipinski definition) is 1. The van der Waals surface area contributed by atoms with Crippen molar-refractivity contribution in [3.8, 4) is 22.8 Å². The zero-order chi connectivity index (χ0) is 22.6. The number of carbonyl (C=O) groups excluding carboxylic acids is 1. The molecule has 33 heavy (non-hydrogen) atoms. The predicted molar refractivity (Wildman–Crippen MR) is 125 cm³/mol. The van der Waals surface area contributed by atoms with Crippen molar-refractivity contribution in [3.05, 3.63) is 48.2 Å². The summed E-state index contributed by atoms with van der Waals surface area (Å²) >= 11 is 0. The Bertz CT molecular complexity index is 1100. The number of carbonyl (C=O) groups is 1. The highest BCUT2D eigenvalue weighted by Crippen LogP contribution is 2.32. The van der Waals surface area contributed by atoms with Crippen LogP contribution in [0.3, 0.4) is 0 Å². The maximum atomic E-state index is 12.6. The summed E-state index contributed by atoms with van der Waals surface area (Å²) < 4.78 is 11.2. The van der Waals surface area contributed by atoms with Gasteiger partial charge < -0.3 is 19.5 Å². The molecular formula is C25H29N5O3. The molecule has 8 heteroatoms. The quantitative estimate of drug-likeness (QED) is 0.617. The summed E-state index contributed by atoms with van der Waals surface area (Å²) in [6, 6.07) is 11.9. The van der Waals surface area contributed by atoms with Gasteiger partial charge in [0.15, 0.2) is 0 Å². The molecule has 0 aliphatic carbocycles. The maximum absolute atomic E-state index is 12.6. The highest BCUT2D eigenvalue weighted by molar-refractivity contribution is 5.79. The Balaban J connectivity index is 1.25. The van der Waals surface area contributed by atoms with Crippen molar-refractivity contribution in [1.29, 1.82) is 0 Å². The zero-order valence-corrected chi connectivity index (χ0v) is 18.9. The van der Waals surface area contributed by atoms with Crippen molar-refractivity contribution in [3.63, 3.8) is 0 Å². The number of ether oxygens (including phenoxy) is 1. The van der Waals surface area contributed by atoms with E-state index in [1.807, 2.05) is 43.3 Å². The fourth-order valence-electron chi connectivity index (χ4n) is 4.57. The van der Waals surface area contributed by atoms with E-state index in [-0.39, 0.29) is 17.9 Å². The summed E-state index contributed by atoms with van der Waals surface area (Å²) in [4.78, 5) is 24.1. The first-order chi connectivity index (χ1) is 16.2. The number of hydrogen-bond acceptors (Lipinski definition) is 7. The third-order valence-electron chi connectivity index (χ3n) is 6.41. The minimum absolute atomic E-state index is 0.0196. The lowest BCUT2D eigenvalue weighted by atomic mass is 9.95. The third kappa shape index (κ3) is 4.90. The van der Waals surface area contributed by atoms with Gasteiger partial charge >= 0.3 is 0 Å². The lowest BCUT2D eigenvalue weighted by Crippen LogP contribution is -2.42. The van der Waals surface area contributed by atoms with Crippen LogP contribution in [0, 0.1) is 12.8 Å². The van der Waals surface area contributed by atoms with E-state index in [4.69, 9.17) is 9.26 Å². The van der Waals surface area contributed by atoms with Crippen LogP contribution < -0.4 is 10.2 Å². The SMILES string of the molecule is Cc1cccc(-c2noc(-c3cccnc3N3CCC(C(=O)NCC4CCCO4)CC3)n2)c1. The highest BCUT2D eigenvalue weighted by atomic mass is 16.5. The summed E-state index contributed by atoms with van der Waals surface area (Å²) in [6.07, 6.45) is 5.62. The fourth-order valence-corrected chi connectivity index (χ4v) is 4.57. The number of amides is 1. The van der Waals surface area contributed by atoms with Crippen molar-refractivity contribution >= 4 is 11.7 Å². The molecule has 8 nitrogen and oxygen atoms in total. The molecule has 2 saturated heterocycles. The molecule has 1 amide bonds. The molecule has 1 atom stereocenters. The van der Waals surface area contributed by atoms with E-state index in [2.05, 4.69) is 25.3 Å². The summed E-state index contributed by atoms with van der Waals surface area (Å²) in [5.74, 6) is 1.98. The molecule has 5 rings (SSSR count). The van der Waals surface area contributed by atoms with E-state index in [9.17, 15) is 4.79 Å². The van der Waals surface area contributed by atoms with Crippen LogP contribution in [0.2, 0.25) is 0 Å². The summed E-state index contributed by atoms with van der Waals surface area (Å²) in [5.41, 5.74) is 2.87. The van der Waals surface area contributed by atoms with E-state index in [0.717, 1.165) is 67.9 Å². The smallest absolute Gasteiger partial charge is 0.261 e. The standard InChI is InChI=1S/C25H29N5O3/c1-17-5-2-6-19(15-17)22-28-25(33-29-22)21-8-3-11-26-23(21)30-12-9-18(10-13-30)24(31)27-16-20-7-4-14-32-20/h2-3,5-6,8,11,15,18,20H,4,7,9-10,12-14,16H2,1H3,(H,27,31). The Morgan fingerprint density at radius 3 is 2.85 bits per heavy atom. The second kappa shape index (κ2) is 9.70. The number of aryl methyl sites for hydroxylation is 1. The van der Waals surface area contributed by atoms with Crippen LogP contribution in [0.4, 0.5) is 5.82 Å². The van der Waals surface area contributed by atoms with Crippen molar-refractivity contribution in [2.24, 2.45) is 5.92 Å². The van der Waals surface area contributed by atoms with Crippen LogP contribution >= 0.6 is 0 Å². The molecule has 2 aromatic heterocycles. The maximum Gasteiger partial charge on any atom is 0.261 e. The van der Waals surface area contributed by atoms with Gasteiger partial charge in [0.25, 0.3) is 5.89 Å². The second-order valence-electron chi connectivity index (χ2n) is 8.81. The summed E-state index contributed by atoms with van der Waals surface area (Å²) in [5, 5.41) is 7.26. The first-order valence-electron chi connectivity index (χ1n) is 11.7. The molecule has 0 saturated carbocycles. The number of aromatic nitrogens is 3. The zero-order valence-electron chi connectivity index (χ0n) is 18.9. The minimum Gasteiger partial charge on any atom is -0.376 e. The van der Waals surface area contributed by atoms with Gasteiger partial charge in [-0.2, -0.15) is 4.98 Å². The molecule has 2 aliphatic rings. The molecule has 172 valence electrons. The van der Waals surface area contributed by atoms with Crippen LogP contribution in [-0.2, 0) is 9.53 Å². The molecule has 0 radical (unpaired) electrons. The molecule has 2 aliphatic heterocycles. The van der Waals surface area contributed by atoms with Gasteiger partial charge in [-0.3, -0.25) is 4.79 Å². The lowest BCUT2D eigenvalue weighted by Gasteiger charge is -2.33. The number of rotatable bonds is 6. The first-order valence-corrected chi connectivity index (χ1v) is 11.7. The van der Waals surface area contributed by atoms with Crippen LogP contribution in [0.1, 0.15) is 31.2 Å². The number of anilines is 1.